The maximum atomic E-state index is 13.8. The SMILES string of the molecule is FC(F)(F)C(F)(F)C(F)(F)C(F)(F)C(F)(F)C(F)(F)CCCC[C@H]1CC[C@H](C2CCCCC2)CC1. The summed E-state index contributed by atoms with van der Waals surface area (Å²) in [7, 11) is 0. The zero-order valence-electron chi connectivity index (χ0n) is 18.8. The van der Waals surface area contributed by atoms with E-state index in [0.29, 0.717) is 18.3 Å². The van der Waals surface area contributed by atoms with Gasteiger partial charge in [-0.3, -0.25) is 0 Å². The number of rotatable bonds is 10. The molecule has 208 valence electrons. The van der Waals surface area contributed by atoms with E-state index >= 15 is 0 Å². The molecule has 0 aromatic rings. The van der Waals surface area contributed by atoms with E-state index in [2.05, 4.69) is 0 Å². The van der Waals surface area contributed by atoms with Crippen molar-refractivity contribution in [3.63, 3.8) is 0 Å². The molecule has 0 N–H and O–H groups in total. The van der Waals surface area contributed by atoms with Crippen molar-refractivity contribution < 1.29 is 57.1 Å². The van der Waals surface area contributed by atoms with E-state index in [1.165, 1.54) is 19.3 Å². The average Bonchev–Trinajstić information content (AvgIpc) is 2.76. The molecule has 0 spiro atoms. The zero-order chi connectivity index (χ0) is 26.9. The van der Waals surface area contributed by atoms with Gasteiger partial charge >= 0.3 is 35.8 Å². The van der Waals surface area contributed by atoms with Crippen LogP contribution in [0.3, 0.4) is 0 Å². The van der Waals surface area contributed by atoms with Crippen molar-refractivity contribution in [2.45, 2.75) is 119 Å². The lowest BCUT2D eigenvalue weighted by molar-refractivity contribution is -0.440. The van der Waals surface area contributed by atoms with Gasteiger partial charge in [0.15, 0.2) is 0 Å². The van der Waals surface area contributed by atoms with E-state index < -0.39 is 48.6 Å². The van der Waals surface area contributed by atoms with Gasteiger partial charge in [-0.15, -0.1) is 0 Å². The first kappa shape index (κ1) is 30.3. The standard InChI is InChI=1S/C22H29F13/c23-17(24,18(25,26)19(27,28)20(29,30)21(31,32)22(33,34)35)13-5-4-6-14-9-11-16(12-10-14)15-7-2-1-3-8-15/h14-16H,1-13H2/t14-,16-. The van der Waals surface area contributed by atoms with Crippen molar-refractivity contribution in [2.24, 2.45) is 17.8 Å². The number of alkyl halides is 13. The van der Waals surface area contributed by atoms with Crippen molar-refractivity contribution in [2.75, 3.05) is 0 Å². The van der Waals surface area contributed by atoms with Gasteiger partial charge in [0.25, 0.3) is 0 Å². The average molecular weight is 540 g/mol. The van der Waals surface area contributed by atoms with Crippen LogP contribution in [0.4, 0.5) is 57.1 Å². The Hall–Kier alpha value is -0.910. The van der Waals surface area contributed by atoms with Crippen LogP contribution in [0.25, 0.3) is 0 Å². The first-order valence-electron chi connectivity index (χ1n) is 11.8. The fourth-order valence-electron chi connectivity index (χ4n) is 5.29. The molecular weight excluding hydrogens is 511 g/mol. The van der Waals surface area contributed by atoms with Gasteiger partial charge in [-0.1, -0.05) is 57.8 Å². The first-order chi connectivity index (χ1) is 15.8. The van der Waals surface area contributed by atoms with Crippen molar-refractivity contribution in [3.8, 4) is 0 Å². The summed E-state index contributed by atoms with van der Waals surface area (Å²) in [4.78, 5) is 0. The quantitative estimate of drug-likeness (QED) is 0.191. The number of hydrogen-bond acceptors (Lipinski definition) is 0. The molecule has 13 heteroatoms. The van der Waals surface area contributed by atoms with Crippen LogP contribution in [0.1, 0.15) is 83.5 Å². The fourth-order valence-corrected chi connectivity index (χ4v) is 5.29. The Bertz CT molecular complexity index is 669. The molecule has 2 rings (SSSR count). The number of hydrogen-bond donors (Lipinski definition) is 0. The molecule has 0 heterocycles. The molecule has 2 fully saturated rings. The van der Waals surface area contributed by atoms with Gasteiger partial charge in [0, 0.05) is 6.42 Å². The van der Waals surface area contributed by atoms with E-state index in [1.807, 2.05) is 0 Å². The molecule has 0 bridgehead atoms. The van der Waals surface area contributed by atoms with Gasteiger partial charge in [0.05, 0.1) is 0 Å². The second kappa shape index (κ2) is 10.5. The zero-order valence-corrected chi connectivity index (χ0v) is 18.8. The largest absolute Gasteiger partial charge is 0.460 e. The number of unbranched alkanes of at least 4 members (excludes halogenated alkanes) is 1. The van der Waals surface area contributed by atoms with Crippen molar-refractivity contribution in [1.82, 2.24) is 0 Å². The molecule has 0 atom stereocenters. The van der Waals surface area contributed by atoms with Crippen LogP contribution in [0.5, 0.6) is 0 Å². The van der Waals surface area contributed by atoms with Crippen LogP contribution in [-0.2, 0) is 0 Å². The second-order valence-electron chi connectivity index (χ2n) is 9.92. The maximum Gasteiger partial charge on any atom is 0.460 e. The molecule has 0 unspecified atom stereocenters. The number of halogens is 13. The fraction of sp³-hybridized carbons (Fsp3) is 1.00. The third-order valence-corrected chi connectivity index (χ3v) is 7.56. The summed E-state index contributed by atoms with van der Waals surface area (Å²) in [6.07, 6.45) is -0.762. The summed E-state index contributed by atoms with van der Waals surface area (Å²) in [5.41, 5.74) is 0. The lowest BCUT2D eigenvalue weighted by Gasteiger charge is -2.39. The molecule has 0 saturated heterocycles. The molecule has 0 amide bonds. The highest BCUT2D eigenvalue weighted by molar-refractivity contribution is 5.10. The molecule has 0 radical (unpaired) electrons. The molecule has 0 nitrogen and oxygen atoms in total. The molecule has 0 aromatic carbocycles. The van der Waals surface area contributed by atoms with E-state index in [1.54, 1.807) is 0 Å². The normalized spacial score (nSPS) is 24.6. The van der Waals surface area contributed by atoms with E-state index in [9.17, 15) is 57.1 Å². The Morgan fingerprint density at radius 1 is 0.457 bits per heavy atom. The lowest BCUT2D eigenvalue weighted by atomic mass is 9.70. The van der Waals surface area contributed by atoms with Gasteiger partial charge in [-0.05, 0) is 37.0 Å². The Labute approximate surface area is 195 Å². The van der Waals surface area contributed by atoms with Crippen molar-refractivity contribution >= 4 is 0 Å². The van der Waals surface area contributed by atoms with Crippen LogP contribution < -0.4 is 0 Å². The van der Waals surface area contributed by atoms with E-state index in [-0.39, 0.29) is 12.3 Å². The predicted octanol–water partition coefficient (Wildman–Crippen LogP) is 9.67. The highest BCUT2D eigenvalue weighted by Gasteiger charge is 2.90. The van der Waals surface area contributed by atoms with E-state index in [0.717, 1.165) is 38.5 Å². The van der Waals surface area contributed by atoms with Gasteiger partial charge in [-0.2, -0.15) is 57.1 Å². The maximum absolute atomic E-state index is 13.8. The van der Waals surface area contributed by atoms with E-state index in [4.69, 9.17) is 0 Å². The summed E-state index contributed by atoms with van der Waals surface area (Å²) in [6, 6.07) is 0. The Kier molecular flexibility index (Phi) is 9.06. The minimum atomic E-state index is -7.82. The van der Waals surface area contributed by atoms with Crippen molar-refractivity contribution in [1.29, 1.82) is 0 Å². The van der Waals surface area contributed by atoms with Crippen LogP contribution in [0.2, 0.25) is 0 Å². The Morgan fingerprint density at radius 3 is 1.40 bits per heavy atom. The molecule has 0 aromatic heterocycles. The molecule has 2 aliphatic rings. The molecule has 0 aliphatic heterocycles. The second-order valence-corrected chi connectivity index (χ2v) is 9.92. The lowest BCUT2D eigenvalue weighted by Crippen LogP contribution is -2.70. The highest BCUT2D eigenvalue weighted by atomic mass is 19.4. The molecular formula is C22H29F13. The topological polar surface area (TPSA) is 0 Å². The minimum Gasteiger partial charge on any atom is -0.200 e. The summed E-state index contributed by atoms with van der Waals surface area (Å²) in [5, 5.41) is 0. The van der Waals surface area contributed by atoms with Crippen molar-refractivity contribution in [3.05, 3.63) is 0 Å². The summed E-state index contributed by atoms with van der Waals surface area (Å²) < 4.78 is 171. The van der Waals surface area contributed by atoms with Gasteiger partial charge < -0.3 is 0 Å². The van der Waals surface area contributed by atoms with Crippen LogP contribution in [-0.4, -0.2) is 35.8 Å². The molecule has 2 aliphatic carbocycles. The molecule has 2 saturated carbocycles. The van der Waals surface area contributed by atoms with Gasteiger partial charge in [0.1, 0.15) is 0 Å². The van der Waals surface area contributed by atoms with Gasteiger partial charge in [0.2, 0.25) is 0 Å². The minimum absolute atomic E-state index is 0.0974. The third-order valence-electron chi connectivity index (χ3n) is 7.56. The Balaban J connectivity index is 1.91. The van der Waals surface area contributed by atoms with Crippen LogP contribution >= 0.6 is 0 Å². The third kappa shape index (κ3) is 5.83. The smallest absolute Gasteiger partial charge is 0.200 e. The summed E-state index contributed by atoms with van der Waals surface area (Å²) in [5.74, 6) is -35.0. The predicted molar refractivity (Wildman–Crippen MR) is 101 cm³/mol. The summed E-state index contributed by atoms with van der Waals surface area (Å²) in [6.45, 7) is 0. The summed E-state index contributed by atoms with van der Waals surface area (Å²) >= 11 is 0. The first-order valence-corrected chi connectivity index (χ1v) is 11.8. The molecule has 35 heavy (non-hydrogen) atoms. The van der Waals surface area contributed by atoms with Gasteiger partial charge in [-0.25, -0.2) is 0 Å². The highest BCUT2D eigenvalue weighted by Crippen LogP contribution is 2.60. The van der Waals surface area contributed by atoms with Crippen LogP contribution in [0.15, 0.2) is 0 Å². The van der Waals surface area contributed by atoms with Crippen LogP contribution in [0, 0.1) is 17.8 Å². The monoisotopic (exact) mass is 540 g/mol. The Morgan fingerprint density at radius 2 is 0.914 bits per heavy atom.